The molecule has 3 N–H and O–H groups in total. The van der Waals surface area contributed by atoms with E-state index in [9.17, 15) is 14.4 Å². The van der Waals surface area contributed by atoms with Crippen LogP contribution < -0.4 is 16.2 Å². The van der Waals surface area contributed by atoms with Gasteiger partial charge < -0.3 is 9.73 Å². The maximum Gasteiger partial charge on any atom is 0.291 e. The first-order valence-corrected chi connectivity index (χ1v) is 9.80. The van der Waals surface area contributed by atoms with E-state index in [1.165, 1.54) is 30.2 Å². The van der Waals surface area contributed by atoms with Gasteiger partial charge in [-0.15, -0.1) is 11.8 Å². The van der Waals surface area contributed by atoms with Gasteiger partial charge in [-0.3, -0.25) is 25.2 Å². The summed E-state index contributed by atoms with van der Waals surface area (Å²) in [5.41, 5.74) is 5.40. The largest absolute Gasteiger partial charge is 0.459 e. The van der Waals surface area contributed by atoms with E-state index < -0.39 is 11.8 Å². The molecule has 3 aromatic rings. The minimum atomic E-state index is -0.510. The molecule has 7 nitrogen and oxygen atoms in total. The molecular formula is C20H16ClN3O4S. The first-order chi connectivity index (χ1) is 14.0. The van der Waals surface area contributed by atoms with Crippen molar-refractivity contribution in [3.63, 3.8) is 0 Å². The molecule has 0 saturated carbocycles. The van der Waals surface area contributed by atoms with Gasteiger partial charge in [-0.25, -0.2) is 0 Å². The van der Waals surface area contributed by atoms with Crippen molar-refractivity contribution in [2.45, 2.75) is 4.90 Å². The Bertz CT molecular complexity index is 1010. The van der Waals surface area contributed by atoms with Crippen LogP contribution in [-0.2, 0) is 4.79 Å². The molecule has 0 radical (unpaired) electrons. The molecule has 0 aliphatic heterocycles. The molecule has 2 aromatic carbocycles. The highest BCUT2D eigenvalue weighted by atomic mass is 35.5. The standard InChI is InChI=1S/C20H16ClN3O4S/c21-14-6-8-16(9-7-14)29-12-18(25)23-24-19(26)13-3-1-4-15(11-13)22-20(27)17-5-2-10-28-17/h1-11H,12H2,(H,22,27)(H,23,25)(H,24,26). The van der Waals surface area contributed by atoms with Gasteiger partial charge in [0.15, 0.2) is 5.76 Å². The van der Waals surface area contributed by atoms with Crippen LogP contribution >= 0.6 is 23.4 Å². The van der Waals surface area contributed by atoms with E-state index in [0.29, 0.717) is 10.7 Å². The van der Waals surface area contributed by atoms with E-state index in [2.05, 4.69) is 16.2 Å². The highest BCUT2D eigenvalue weighted by Gasteiger charge is 2.12. The molecule has 0 spiro atoms. The number of carbonyl (C=O) groups excluding carboxylic acids is 3. The second kappa shape index (κ2) is 9.81. The third-order valence-electron chi connectivity index (χ3n) is 3.63. The minimum absolute atomic E-state index is 0.126. The van der Waals surface area contributed by atoms with Crippen LogP contribution in [0.3, 0.4) is 0 Å². The Morgan fingerprint density at radius 2 is 1.72 bits per heavy atom. The summed E-state index contributed by atoms with van der Waals surface area (Å²) >= 11 is 7.13. The van der Waals surface area contributed by atoms with Crippen molar-refractivity contribution < 1.29 is 18.8 Å². The number of hydrogen-bond acceptors (Lipinski definition) is 5. The van der Waals surface area contributed by atoms with Crippen molar-refractivity contribution in [3.8, 4) is 0 Å². The molecule has 0 bridgehead atoms. The Kier molecular flexibility index (Phi) is 6.94. The van der Waals surface area contributed by atoms with Crippen LogP contribution in [0.5, 0.6) is 0 Å². The van der Waals surface area contributed by atoms with Crippen molar-refractivity contribution in [3.05, 3.63) is 83.3 Å². The number of nitrogens with one attached hydrogen (secondary N) is 3. The number of rotatable bonds is 6. The summed E-state index contributed by atoms with van der Waals surface area (Å²) in [5.74, 6) is -1.02. The molecule has 0 aliphatic rings. The molecule has 0 atom stereocenters. The Morgan fingerprint density at radius 1 is 0.931 bits per heavy atom. The molecule has 1 aromatic heterocycles. The van der Waals surface area contributed by atoms with Crippen LogP contribution in [0.1, 0.15) is 20.9 Å². The molecule has 29 heavy (non-hydrogen) atoms. The number of amides is 3. The smallest absolute Gasteiger partial charge is 0.291 e. The van der Waals surface area contributed by atoms with E-state index in [1.807, 2.05) is 0 Å². The zero-order chi connectivity index (χ0) is 20.6. The maximum atomic E-state index is 12.2. The summed E-state index contributed by atoms with van der Waals surface area (Å²) in [4.78, 5) is 37.1. The molecule has 1 heterocycles. The lowest BCUT2D eigenvalue weighted by Crippen LogP contribution is -2.42. The lowest BCUT2D eigenvalue weighted by atomic mass is 10.2. The van der Waals surface area contributed by atoms with Gasteiger partial charge in [0, 0.05) is 21.2 Å². The number of anilines is 1. The van der Waals surface area contributed by atoms with Crippen molar-refractivity contribution >= 4 is 46.8 Å². The van der Waals surface area contributed by atoms with Crippen LogP contribution in [0.25, 0.3) is 0 Å². The molecule has 3 amide bonds. The summed E-state index contributed by atoms with van der Waals surface area (Å²) in [6.45, 7) is 0. The Balaban J connectivity index is 1.49. The summed E-state index contributed by atoms with van der Waals surface area (Å²) in [6, 6.07) is 16.5. The van der Waals surface area contributed by atoms with E-state index in [0.717, 1.165) is 4.90 Å². The molecular weight excluding hydrogens is 414 g/mol. The quantitative estimate of drug-likeness (QED) is 0.409. The van der Waals surface area contributed by atoms with Gasteiger partial charge in [-0.05, 0) is 54.6 Å². The van der Waals surface area contributed by atoms with Crippen molar-refractivity contribution in [2.75, 3.05) is 11.1 Å². The Labute approximate surface area is 175 Å². The number of halogens is 1. The fourth-order valence-corrected chi connectivity index (χ4v) is 3.08. The number of thioether (sulfide) groups is 1. The summed E-state index contributed by atoms with van der Waals surface area (Å²) in [6.07, 6.45) is 1.40. The fourth-order valence-electron chi connectivity index (χ4n) is 2.25. The van der Waals surface area contributed by atoms with Crippen LogP contribution in [0, 0.1) is 0 Å². The maximum absolute atomic E-state index is 12.2. The number of hydrazine groups is 1. The van der Waals surface area contributed by atoms with Gasteiger partial charge in [-0.2, -0.15) is 0 Å². The molecule has 0 aliphatic carbocycles. The number of benzene rings is 2. The molecule has 3 rings (SSSR count). The molecule has 9 heteroatoms. The van der Waals surface area contributed by atoms with Crippen molar-refractivity contribution in [1.29, 1.82) is 0 Å². The van der Waals surface area contributed by atoms with Crippen LogP contribution in [0.4, 0.5) is 5.69 Å². The van der Waals surface area contributed by atoms with Crippen LogP contribution in [-0.4, -0.2) is 23.5 Å². The van der Waals surface area contributed by atoms with Gasteiger partial charge in [0.2, 0.25) is 5.91 Å². The van der Waals surface area contributed by atoms with E-state index in [1.54, 1.807) is 48.5 Å². The van der Waals surface area contributed by atoms with Gasteiger partial charge >= 0.3 is 0 Å². The van der Waals surface area contributed by atoms with Gasteiger partial charge in [0.05, 0.1) is 12.0 Å². The molecule has 0 fully saturated rings. The van der Waals surface area contributed by atoms with E-state index in [4.69, 9.17) is 16.0 Å². The number of furan rings is 1. The monoisotopic (exact) mass is 429 g/mol. The first kappa shape index (κ1) is 20.5. The third kappa shape index (κ3) is 6.13. The topological polar surface area (TPSA) is 100 Å². The third-order valence-corrected chi connectivity index (χ3v) is 4.89. The summed E-state index contributed by atoms with van der Waals surface area (Å²) < 4.78 is 5.02. The predicted octanol–water partition coefficient (Wildman–Crippen LogP) is 3.74. The van der Waals surface area contributed by atoms with Crippen LogP contribution in [0.15, 0.2) is 76.2 Å². The average Bonchev–Trinajstić information content (AvgIpc) is 3.27. The summed E-state index contributed by atoms with van der Waals surface area (Å²) in [7, 11) is 0. The van der Waals surface area contributed by atoms with Crippen molar-refractivity contribution in [2.24, 2.45) is 0 Å². The highest BCUT2D eigenvalue weighted by Crippen LogP contribution is 2.19. The molecule has 0 saturated heterocycles. The minimum Gasteiger partial charge on any atom is -0.459 e. The lowest BCUT2D eigenvalue weighted by molar-refractivity contribution is -0.119. The Morgan fingerprint density at radius 3 is 2.45 bits per heavy atom. The van der Waals surface area contributed by atoms with Gasteiger partial charge in [0.1, 0.15) is 0 Å². The SMILES string of the molecule is O=C(CSc1ccc(Cl)cc1)NNC(=O)c1cccc(NC(=O)c2ccco2)c1. The second-order valence-electron chi connectivity index (χ2n) is 5.76. The highest BCUT2D eigenvalue weighted by molar-refractivity contribution is 8.00. The average molecular weight is 430 g/mol. The van der Waals surface area contributed by atoms with Crippen molar-refractivity contribution in [1.82, 2.24) is 10.9 Å². The normalized spacial score (nSPS) is 10.2. The van der Waals surface area contributed by atoms with E-state index >= 15 is 0 Å². The van der Waals surface area contributed by atoms with Gasteiger partial charge in [0.25, 0.3) is 11.8 Å². The Hall–Kier alpha value is -3.23. The predicted molar refractivity (Wildman–Crippen MR) is 111 cm³/mol. The fraction of sp³-hybridized carbons (Fsp3) is 0.0500. The van der Waals surface area contributed by atoms with Gasteiger partial charge in [-0.1, -0.05) is 17.7 Å². The molecule has 148 valence electrons. The number of carbonyl (C=O) groups is 3. The zero-order valence-electron chi connectivity index (χ0n) is 15.0. The summed E-state index contributed by atoms with van der Waals surface area (Å²) in [5, 5.41) is 3.25. The molecule has 0 unspecified atom stereocenters. The lowest BCUT2D eigenvalue weighted by Gasteiger charge is -2.09. The second-order valence-corrected chi connectivity index (χ2v) is 7.24. The van der Waals surface area contributed by atoms with Crippen LogP contribution in [0.2, 0.25) is 5.02 Å². The van der Waals surface area contributed by atoms with E-state index in [-0.39, 0.29) is 23.0 Å². The number of hydrogen-bond donors (Lipinski definition) is 3. The zero-order valence-corrected chi connectivity index (χ0v) is 16.5. The first-order valence-electron chi connectivity index (χ1n) is 8.44.